The largest absolute Gasteiger partial charge is 0.490 e. The molecule has 1 aliphatic heterocycles. The van der Waals surface area contributed by atoms with Crippen molar-refractivity contribution in [2.45, 2.75) is 53.2 Å². The normalized spacial score (nSPS) is 14.9. The minimum Gasteiger partial charge on any atom is -0.490 e. The van der Waals surface area contributed by atoms with Gasteiger partial charge in [-0.1, -0.05) is 13.8 Å². The molecule has 41 heavy (non-hydrogen) atoms. The Morgan fingerprint density at radius 2 is 1.95 bits per heavy atom. The van der Waals surface area contributed by atoms with Crippen LogP contribution in [0.5, 0.6) is 17.5 Å². The molecule has 218 valence electrons. The number of anilines is 2. The number of aryl methyl sites for hydroxylation is 2. The zero-order valence-corrected chi connectivity index (χ0v) is 24.5. The maximum atomic E-state index is 6.51. The van der Waals surface area contributed by atoms with E-state index in [2.05, 4.69) is 39.1 Å². The van der Waals surface area contributed by atoms with Crippen LogP contribution < -0.4 is 19.5 Å². The Bertz CT molecular complexity index is 1450. The molecule has 5 rings (SSSR count). The van der Waals surface area contributed by atoms with Crippen LogP contribution in [0.25, 0.3) is 22.5 Å². The zero-order chi connectivity index (χ0) is 28.8. The Balaban J connectivity index is 1.47. The van der Waals surface area contributed by atoms with Gasteiger partial charge in [-0.15, -0.1) is 5.10 Å². The van der Waals surface area contributed by atoms with E-state index in [4.69, 9.17) is 24.3 Å². The third kappa shape index (κ3) is 6.59. The highest BCUT2D eigenvalue weighted by molar-refractivity contribution is 5.75. The van der Waals surface area contributed by atoms with E-state index >= 15 is 0 Å². The van der Waals surface area contributed by atoms with Crippen molar-refractivity contribution >= 4 is 11.6 Å². The summed E-state index contributed by atoms with van der Waals surface area (Å²) < 4.78 is 22.3. The second kappa shape index (κ2) is 13.0. The maximum Gasteiger partial charge on any atom is 0.240 e. The van der Waals surface area contributed by atoms with Gasteiger partial charge < -0.3 is 24.4 Å². The van der Waals surface area contributed by atoms with E-state index in [9.17, 15) is 0 Å². The minimum absolute atomic E-state index is 0.141. The predicted octanol–water partition coefficient (Wildman–Crippen LogP) is 4.56. The molecule has 4 aromatic rings. The van der Waals surface area contributed by atoms with Crippen molar-refractivity contribution in [3.8, 4) is 40.0 Å². The molecule has 0 saturated heterocycles. The van der Waals surface area contributed by atoms with Crippen molar-refractivity contribution in [1.82, 2.24) is 39.4 Å². The molecular weight excluding hydrogens is 522 g/mol. The molecule has 0 spiro atoms. The lowest BCUT2D eigenvalue weighted by molar-refractivity contribution is 0.173. The van der Waals surface area contributed by atoms with Crippen LogP contribution in [0.1, 0.15) is 40.5 Å². The fourth-order valence-corrected chi connectivity index (χ4v) is 4.78. The average molecular weight is 562 g/mol. The lowest BCUT2D eigenvalue weighted by Crippen LogP contribution is -2.24. The van der Waals surface area contributed by atoms with Crippen LogP contribution >= 0.6 is 0 Å². The van der Waals surface area contributed by atoms with Gasteiger partial charge in [-0.05, 0) is 46.0 Å². The molecule has 0 unspecified atom stereocenters. The van der Waals surface area contributed by atoms with Gasteiger partial charge in [0.15, 0.2) is 5.82 Å². The number of hydrogen-bond acceptors (Lipinski definition) is 10. The van der Waals surface area contributed by atoms with Crippen LogP contribution in [-0.4, -0.2) is 78.4 Å². The van der Waals surface area contributed by atoms with E-state index in [0.29, 0.717) is 54.6 Å². The van der Waals surface area contributed by atoms with E-state index in [0.717, 1.165) is 49.3 Å². The van der Waals surface area contributed by atoms with E-state index in [-0.39, 0.29) is 6.10 Å². The highest BCUT2D eigenvalue weighted by atomic mass is 16.5. The first-order valence-corrected chi connectivity index (χ1v) is 14.3. The van der Waals surface area contributed by atoms with Crippen molar-refractivity contribution in [3.63, 3.8) is 0 Å². The van der Waals surface area contributed by atoms with Crippen LogP contribution in [0.15, 0.2) is 36.9 Å². The quantitative estimate of drug-likeness (QED) is 0.312. The Kier molecular flexibility index (Phi) is 8.98. The lowest BCUT2D eigenvalue weighted by Gasteiger charge is -2.19. The summed E-state index contributed by atoms with van der Waals surface area (Å²) in [5, 5.41) is 12.4. The van der Waals surface area contributed by atoms with Gasteiger partial charge in [-0.25, -0.2) is 19.6 Å². The van der Waals surface area contributed by atoms with Crippen LogP contribution in [-0.2, 0) is 13.6 Å². The first-order valence-electron chi connectivity index (χ1n) is 14.3. The number of pyridine rings is 1. The Morgan fingerprint density at radius 1 is 1.10 bits per heavy atom. The van der Waals surface area contributed by atoms with Gasteiger partial charge in [0.2, 0.25) is 11.8 Å². The van der Waals surface area contributed by atoms with Crippen molar-refractivity contribution in [1.29, 1.82) is 0 Å². The van der Waals surface area contributed by atoms with Gasteiger partial charge >= 0.3 is 0 Å². The van der Waals surface area contributed by atoms with Gasteiger partial charge in [0, 0.05) is 50.2 Å². The van der Waals surface area contributed by atoms with Crippen LogP contribution in [0.4, 0.5) is 11.6 Å². The van der Waals surface area contributed by atoms with Crippen molar-refractivity contribution in [2.24, 2.45) is 7.05 Å². The SMILES string of the molecule is CCOc1nn(CCCN(CC)CC)cc1-c1cnc2cc1O[C@@H](C)CCOc1c(cnn1C)-c1nccc(n1)N2. The summed E-state index contributed by atoms with van der Waals surface area (Å²) in [6, 6.07) is 3.68. The molecule has 4 aromatic heterocycles. The Labute approximate surface area is 240 Å². The molecule has 0 saturated carbocycles. The van der Waals surface area contributed by atoms with Crippen molar-refractivity contribution in [3.05, 3.63) is 36.9 Å². The van der Waals surface area contributed by atoms with Gasteiger partial charge in [-0.3, -0.25) is 4.68 Å². The van der Waals surface area contributed by atoms with E-state index in [1.165, 1.54) is 0 Å². The van der Waals surface area contributed by atoms with E-state index < -0.39 is 0 Å². The second-order valence-corrected chi connectivity index (χ2v) is 9.93. The lowest BCUT2D eigenvalue weighted by atomic mass is 10.1. The standard InChI is InChI=1S/C29H39N9O3/c1-6-37(7-2)13-9-14-38-19-23(28(35-38)39-8-3)21-17-31-26-16-24(21)41-20(4)11-15-40-29-22(18-32-36(29)5)27-30-12-10-25(33-26)34-27/h10,12,16-20H,6-9,11,13-15H2,1-5H3,(H,30,31,33,34)/t20-/m0/s1. The number of aromatic nitrogens is 7. The molecule has 12 nitrogen and oxygen atoms in total. The fourth-order valence-electron chi connectivity index (χ4n) is 4.78. The number of nitrogens with one attached hydrogen (secondary N) is 1. The molecule has 5 heterocycles. The third-order valence-corrected chi connectivity index (χ3v) is 7.05. The number of hydrogen-bond donors (Lipinski definition) is 1. The first kappa shape index (κ1) is 28.3. The van der Waals surface area contributed by atoms with E-state index in [1.807, 2.05) is 37.8 Å². The van der Waals surface area contributed by atoms with Crippen LogP contribution in [0.3, 0.4) is 0 Å². The molecule has 1 N–H and O–H groups in total. The number of ether oxygens (including phenoxy) is 3. The van der Waals surface area contributed by atoms with Crippen LogP contribution in [0.2, 0.25) is 0 Å². The summed E-state index contributed by atoms with van der Waals surface area (Å²) in [7, 11) is 1.84. The first-order chi connectivity index (χ1) is 20.0. The summed E-state index contributed by atoms with van der Waals surface area (Å²) in [6.45, 7) is 13.2. The molecule has 1 atom stereocenters. The Morgan fingerprint density at radius 3 is 2.76 bits per heavy atom. The molecule has 1 aliphatic rings. The predicted molar refractivity (Wildman–Crippen MR) is 157 cm³/mol. The molecule has 0 aliphatic carbocycles. The molecule has 12 heteroatoms. The van der Waals surface area contributed by atoms with Crippen molar-refractivity contribution in [2.75, 3.05) is 38.2 Å². The van der Waals surface area contributed by atoms with Crippen molar-refractivity contribution < 1.29 is 14.2 Å². The average Bonchev–Trinajstić information content (AvgIpc) is 3.54. The number of rotatable bonds is 9. The summed E-state index contributed by atoms with van der Waals surface area (Å²) in [5.41, 5.74) is 2.38. The van der Waals surface area contributed by atoms with Crippen LogP contribution in [0, 0.1) is 0 Å². The summed E-state index contributed by atoms with van der Waals surface area (Å²) in [4.78, 5) is 16.3. The fraction of sp³-hybridized carbons (Fsp3) is 0.483. The molecular formula is C29H39N9O3. The summed E-state index contributed by atoms with van der Waals surface area (Å²) >= 11 is 0. The topological polar surface area (TPSA) is 117 Å². The molecule has 4 bridgehead atoms. The molecule has 0 fully saturated rings. The smallest absolute Gasteiger partial charge is 0.240 e. The van der Waals surface area contributed by atoms with Gasteiger partial charge in [0.25, 0.3) is 0 Å². The highest BCUT2D eigenvalue weighted by Gasteiger charge is 2.21. The van der Waals surface area contributed by atoms with E-state index in [1.54, 1.807) is 29.3 Å². The third-order valence-electron chi connectivity index (χ3n) is 7.05. The zero-order valence-electron chi connectivity index (χ0n) is 24.5. The molecule has 0 aromatic carbocycles. The van der Waals surface area contributed by atoms with Gasteiger partial charge in [0.05, 0.1) is 31.1 Å². The molecule has 0 radical (unpaired) electrons. The van der Waals surface area contributed by atoms with Gasteiger partial charge in [0.1, 0.15) is 22.9 Å². The second-order valence-electron chi connectivity index (χ2n) is 9.93. The summed E-state index contributed by atoms with van der Waals surface area (Å²) in [5.74, 6) is 3.56. The maximum absolute atomic E-state index is 6.51. The molecule has 0 amide bonds. The Hall–Kier alpha value is -4.19. The number of fused-ring (bicyclic) bond motifs is 6. The van der Waals surface area contributed by atoms with Gasteiger partial charge in [-0.2, -0.15) is 5.10 Å². The minimum atomic E-state index is -0.141. The summed E-state index contributed by atoms with van der Waals surface area (Å²) in [6.07, 6.45) is 8.74. The monoisotopic (exact) mass is 561 g/mol. The number of nitrogens with zero attached hydrogens (tertiary/aromatic N) is 8. The highest BCUT2D eigenvalue weighted by Crippen LogP contribution is 2.38.